The number of benzene rings is 2. The Labute approximate surface area is 143 Å². The lowest BCUT2D eigenvalue weighted by atomic mass is 10.1. The Balaban J connectivity index is 1.55. The first-order valence-corrected chi connectivity index (χ1v) is 7.46. The van der Waals surface area contributed by atoms with Crippen molar-refractivity contribution in [3.8, 4) is 17.5 Å². The number of amides is 1. The Kier molecular flexibility index (Phi) is 4.97. The van der Waals surface area contributed by atoms with E-state index >= 15 is 0 Å². The molecule has 124 valence electrons. The van der Waals surface area contributed by atoms with Crippen molar-refractivity contribution >= 4 is 11.6 Å². The maximum absolute atomic E-state index is 12.0. The molecule has 1 amide bonds. The molecular weight excluding hydrogens is 320 g/mol. The molecule has 0 saturated carbocycles. The van der Waals surface area contributed by atoms with Gasteiger partial charge in [0.1, 0.15) is 12.1 Å². The lowest BCUT2D eigenvalue weighted by molar-refractivity contribution is -0.118. The van der Waals surface area contributed by atoms with E-state index in [4.69, 9.17) is 10.00 Å². The fourth-order valence-electron chi connectivity index (χ4n) is 2.14. The average molecular weight is 334 g/mol. The van der Waals surface area contributed by atoms with Crippen molar-refractivity contribution in [1.82, 2.24) is 20.2 Å². The number of rotatable bonds is 6. The number of nitrogens with zero attached hydrogens (tertiary/aromatic N) is 5. The molecule has 3 aromatic rings. The predicted molar refractivity (Wildman–Crippen MR) is 89.0 cm³/mol. The molecule has 8 heteroatoms. The van der Waals surface area contributed by atoms with Gasteiger partial charge in [-0.2, -0.15) is 5.26 Å². The molecule has 1 N–H and O–H groups in total. The van der Waals surface area contributed by atoms with Crippen LogP contribution in [0.25, 0.3) is 5.69 Å². The predicted octanol–water partition coefficient (Wildman–Crippen LogP) is 1.75. The molecule has 25 heavy (non-hydrogen) atoms. The van der Waals surface area contributed by atoms with Crippen LogP contribution < -0.4 is 10.1 Å². The van der Waals surface area contributed by atoms with Gasteiger partial charge in [0.2, 0.25) is 0 Å². The van der Waals surface area contributed by atoms with E-state index < -0.39 is 0 Å². The summed E-state index contributed by atoms with van der Waals surface area (Å²) in [4.78, 5) is 12.0. The molecule has 1 heterocycles. The molecule has 8 nitrogen and oxygen atoms in total. The zero-order valence-electron chi connectivity index (χ0n) is 13.2. The minimum Gasteiger partial charge on any atom is -0.484 e. The minimum absolute atomic E-state index is 0.126. The largest absolute Gasteiger partial charge is 0.484 e. The highest BCUT2D eigenvalue weighted by atomic mass is 16.5. The molecule has 0 unspecified atom stereocenters. The summed E-state index contributed by atoms with van der Waals surface area (Å²) in [6.45, 7) is -0.126. The van der Waals surface area contributed by atoms with Crippen LogP contribution in [0, 0.1) is 11.3 Å². The number of hydrogen-bond donors (Lipinski definition) is 1. The third-order valence-corrected chi connectivity index (χ3v) is 3.32. The Morgan fingerprint density at radius 1 is 1.24 bits per heavy atom. The van der Waals surface area contributed by atoms with Crippen molar-refractivity contribution in [2.24, 2.45) is 0 Å². The monoisotopic (exact) mass is 334 g/mol. The Bertz CT molecular complexity index is 884. The zero-order valence-corrected chi connectivity index (χ0v) is 13.2. The summed E-state index contributed by atoms with van der Waals surface area (Å²) >= 11 is 0. The van der Waals surface area contributed by atoms with Gasteiger partial charge >= 0.3 is 0 Å². The SMILES string of the molecule is N#CCc1ccc(NC(=O)COc2cccc(-n3cnnn3)c2)cc1. The number of nitriles is 1. The van der Waals surface area contributed by atoms with Crippen LogP contribution in [-0.2, 0) is 11.2 Å². The Morgan fingerprint density at radius 2 is 2.08 bits per heavy atom. The van der Waals surface area contributed by atoms with Gasteiger partial charge in [-0.15, -0.1) is 5.10 Å². The van der Waals surface area contributed by atoms with Gasteiger partial charge in [0.25, 0.3) is 5.91 Å². The summed E-state index contributed by atoms with van der Waals surface area (Å²) in [5.74, 6) is 0.258. The van der Waals surface area contributed by atoms with Crippen LogP contribution in [0.3, 0.4) is 0 Å². The number of carbonyl (C=O) groups is 1. The molecule has 0 bridgehead atoms. The van der Waals surface area contributed by atoms with Crippen LogP contribution in [0.2, 0.25) is 0 Å². The van der Waals surface area contributed by atoms with E-state index in [9.17, 15) is 4.79 Å². The average Bonchev–Trinajstić information content (AvgIpc) is 3.17. The van der Waals surface area contributed by atoms with Crippen molar-refractivity contribution in [1.29, 1.82) is 5.26 Å². The normalized spacial score (nSPS) is 10.0. The van der Waals surface area contributed by atoms with Gasteiger partial charge < -0.3 is 10.1 Å². The van der Waals surface area contributed by atoms with E-state index in [1.54, 1.807) is 42.5 Å². The molecule has 0 aliphatic heterocycles. The van der Waals surface area contributed by atoms with Crippen molar-refractivity contribution in [2.75, 3.05) is 11.9 Å². The highest BCUT2D eigenvalue weighted by Gasteiger charge is 2.05. The quantitative estimate of drug-likeness (QED) is 0.736. The topological polar surface area (TPSA) is 106 Å². The van der Waals surface area contributed by atoms with Gasteiger partial charge in [-0.1, -0.05) is 18.2 Å². The fourth-order valence-corrected chi connectivity index (χ4v) is 2.14. The van der Waals surface area contributed by atoms with Gasteiger partial charge in [-0.25, -0.2) is 4.68 Å². The van der Waals surface area contributed by atoms with Crippen LogP contribution in [0.15, 0.2) is 54.9 Å². The zero-order chi connectivity index (χ0) is 17.5. The number of aromatic nitrogens is 4. The molecule has 0 aliphatic carbocycles. The summed E-state index contributed by atoms with van der Waals surface area (Å²) in [7, 11) is 0. The summed E-state index contributed by atoms with van der Waals surface area (Å²) in [6, 6.07) is 16.3. The number of ether oxygens (including phenoxy) is 1. The first-order valence-electron chi connectivity index (χ1n) is 7.46. The number of hydrogen-bond acceptors (Lipinski definition) is 6. The molecule has 0 fully saturated rings. The van der Waals surface area contributed by atoms with Crippen LogP contribution in [0.4, 0.5) is 5.69 Å². The lowest BCUT2D eigenvalue weighted by Crippen LogP contribution is -2.20. The van der Waals surface area contributed by atoms with Crippen LogP contribution in [-0.4, -0.2) is 32.7 Å². The first-order chi connectivity index (χ1) is 12.2. The van der Waals surface area contributed by atoms with Crippen LogP contribution in [0.5, 0.6) is 5.75 Å². The second-order valence-corrected chi connectivity index (χ2v) is 5.12. The maximum atomic E-state index is 12.0. The van der Waals surface area contributed by atoms with Crippen molar-refractivity contribution in [3.05, 3.63) is 60.4 Å². The lowest BCUT2D eigenvalue weighted by Gasteiger charge is -2.09. The molecular formula is C17H14N6O2. The van der Waals surface area contributed by atoms with Crippen LogP contribution >= 0.6 is 0 Å². The van der Waals surface area contributed by atoms with E-state index in [1.165, 1.54) is 11.0 Å². The van der Waals surface area contributed by atoms with Gasteiger partial charge in [-0.3, -0.25) is 4.79 Å². The number of tetrazole rings is 1. The van der Waals surface area contributed by atoms with Crippen molar-refractivity contribution in [3.63, 3.8) is 0 Å². The third-order valence-electron chi connectivity index (χ3n) is 3.32. The van der Waals surface area contributed by atoms with E-state index in [0.29, 0.717) is 17.9 Å². The molecule has 2 aromatic carbocycles. The van der Waals surface area contributed by atoms with E-state index in [1.807, 2.05) is 6.07 Å². The van der Waals surface area contributed by atoms with Crippen molar-refractivity contribution < 1.29 is 9.53 Å². The second kappa shape index (κ2) is 7.70. The highest BCUT2D eigenvalue weighted by Crippen LogP contribution is 2.16. The third kappa shape index (κ3) is 4.39. The molecule has 0 aliphatic rings. The molecule has 3 rings (SSSR count). The summed E-state index contributed by atoms with van der Waals surface area (Å²) in [5, 5.41) is 22.3. The van der Waals surface area contributed by atoms with E-state index in [2.05, 4.69) is 26.9 Å². The number of anilines is 1. The molecule has 0 atom stereocenters. The fraction of sp³-hybridized carbons (Fsp3) is 0.118. The summed E-state index contributed by atoms with van der Waals surface area (Å²) in [5.41, 5.74) is 2.28. The maximum Gasteiger partial charge on any atom is 0.262 e. The Hall–Kier alpha value is -3.73. The second-order valence-electron chi connectivity index (χ2n) is 5.12. The molecule has 0 saturated heterocycles. The first kappa shape index (κ1) is 16.1. The van der Waals surface area contributed by atoms with Gasteiger partial charge in [0.05, 0.1) is 18.2 Å². The molecule has 1 aromatic heterocycles. The molecule has 0 spiro atoms. The van der Waals surface area contributed by atoms with Crippen molar-refractivity contribution in [2.45, 2.75) is 6.42 Å². The number of carbonyl (C=O) groups excluding carboxylic acids is 1. The highest BCUT2D eigenvalue weighted by molar-refractivity contribution is 5.91. The standard InChI is InChI=1S/C17H14N6O2/c18-9-8-13-4-6-14(7-5-13)20-17(24)11-25-16-3-1-2-15(10-16)23-12-19-21-22-23/h1-7,10,12H,8,11H2,(H,20,24). The number of nitrogens with one attached hydrogen (secondary N) is 1. The van der Waals surface area contributed by atoms with E-state index in [-0.39, 0.29) is 12.5 Å². The summed E-state index contributed by atoms with van der Waals surface area (Å²) < 4.78 is 7.00. The van der Waals surface area contributed by atoms with Gasteiger partial charge in [0.15, 0.2) is 6.61 Å². The minimum atomic E-state index is -0.277. The van der Waals surface area contributed by atoms with Crippen LogP contribution in [0.1, 0.15) is 5.56 Å². The van der Waals surface area contributed by atoms with Gasteiger partial charge in [-0.05, 0) is 40.3 Å². The Morgan fingerprint density at radius 3 is 2.80 bits per heavy atom. The summed E-state index contributed by atoms with van der Waals surface area (Å²) in [6.07, 6.45) is 1.82. The van der Waals surface area contributed by atoms with E-state index in [0.717, 1.165) is 11.3 Å². The van der Waals surface area contributed by atoms with Gasteiger partial charge in [0, 0.05) is 11.8 Å². The smallest absolute Gasteiger partial charge is 0.262 e. The molecule has 0 radical (unpaired) electrons.